The number of aryl methyl sites for hydroxylation is 2. The van der Waals surface area contributed by atoms with E-state index in [1.807, 2.05) is 44.2 Å². The molecule has 0 bridgehead atoms. The van der Waals surface area contributed by atoms with E-state index in [2.05, 4.69) is 36.4 Å². The zero-order valence-electron chi connectivity index (χ0n) is 14.6. The van der Waals surface area contributed by atoms with E-state index in [9.17, 15) is 4.79 Å². The van der Waals surface area contributed by atoms with Crippen molar-refractivity contribution in [1.29, 1.82) is 0 Å². The number of benzene rings is 1. The second-order valence-electron chi connectivity index (χ2n) is 6.41. The molecule has 1 N–H and O–H groups in total. The van der Waals surface area contributed by atoms with Crippen LogP contribution in [0.25, 0.3) is 0 Å². The van der Waals surface area contributed by atoms with Crippen molar-refractivity contribution in [2.45, 2.75) is 33.2 Å². The molecule has 0 fully saturated rings. The van der Waals surface area contributed by atoms with Crippen LogP contribution in [-0.4, -0.2) is 34.2 Å². The van der Waals surface area contributed by atoms with Gasteiger partial charge in [0.2, 0.25) is 5.91 Å². The van der Waals surface area contributed by atoms with Gasteiger partial charge >= 0.3 is 0 Å². The van der Waals surface area contributed by atoms with Gasteiger partial charge in [0.25, 0.3) is 0 Å². The Balaban J connectivity index is 1.87. The summed E-state index contributed by atoms with van der Waals surface area (Å²) in [6, 6.07) is 8.03. The Morgan fingerprint density at radius 3 is 2.48 bits per heavy atom. The van der Waals surface area contributed by atoms with Gasteiger partial charge in [0.15, 0.2) is 0 Å². The number of rotatable bonds is 6. The third-order valence-electron chi connectivity index (χ3n) is 3.83. The van der Waals surface area contributed by atoms with Crippen molar-refractivity contribution in [3.05, 3.63) is 47.3 Å². The summed E-state index contributed by atoms with van der Waals surface area (Å²) >= 11 is 0. The van der Waals surface area contributed by atoms with Crippen molar-refractivity contribution in [2.75, 3.05) is 18.9 Å². The minimum atomic E-state index is -0.00802. The summed E-state index contributed by atoms with van der Waals surface area (Å²) in [6.45, 7) is 7.35. The molecule has 5 heteroatoms. The maximum Gasteiger partial charge on any atom is 0.238 e. The standard InChI is InChI=1S/C18H26N4O/c1-13(2)15-6-8-17(9-7-15)19-18(23)12-21(4)10-16-11-22(5)20-14(16)3/h6-9,11,13H,10,12H2,1-5H3,(H,19,23). The van der Waals surface area contributed by atoms with Crippen LogP contribution in [0, 0.1) is 6.92 Å². The number of carbonyl (C=O) groups is 1. The van der Waals surface area contributed by atoms with Gasteiger partial charge in [0.05, 0.1) is 12.2 Å². The smallest absolute Gasteiger partial charge is 0.238 e. The molecule has 2 rings (SSSR count). The van der Waals surface area contributed by atoms with Gasteiger partial charge in [-0.15, -0.1) is 0 Å². The second kappa shape index (κ2) is 7.42. The van der Waals surface area contributed by atoms with Gasteiger partial charge < -0.3 is 5.32 Å². The first-order valence-corrected chi connectivity index (χ1v) is 7.92. The lowest BCUT2D eigenvalue weighted by atomic mass is 10.0. The van der Waals surface area contributed by atoms with Gasteiger partial charge in [-0.3, -0.25) is 14.4 Å². The molecule has 0 unspecified atom stereocenters. The van der Waals surface area contributed by atoms with Crippen molar-refractivity contribution in [3.8, 4) is 0 Å². The number of nitrogens with zero attached hydrogens (tertiary/aromatic N) is 3. The van der Waals surface area contributed by atoms with E-state index < -0.39 is 0 Å². The summed E-state index contributed by atoms with van der Waals surface area (Å²) in [6.07, 6.45) is 1.99. The molecule has 124 valence electrons. The molecule has 23 heavy (non-hydrogen) atoms. The molecule has 0 aliphatic carbocycles. The zero-order chi connectivity index (χ0) is 17.0. The maximum absolute atomic E-state index is 12.1. The van der Waals surface area contributed by atoms with Gasteiger partial charge in [-0.1, -0.05) is 26.0 Å². The minimum absolute atomic E-state index is 0.00802. The fourth-order valence-corrected chi connectivity index (χ4v) is 2.55. The summed E-state index contributed by atoms with van der Waals surface area (Å²) in [5, 5.41) is 7.27. The molecule has 0 atom stereocenters. The highest BCUT2D eigenvalue weighted by atomic mass is 16.2. The third kappa shape index (κ3) is 4.93. The lowest BCUT2D eigenvalue weighted by molar-refractivity contribution is -0.117. The van der Waals surface area contributed by atoms with Gasteiger partial charge in [0.1, 0.15) is 0 Å². The van der Waals surface area contributed by atoms with E-state index in [1.54, 1.807) is 4.68 Å². The molecule has 1 aromatic heterocycles. The molecular weight excluding hydrogens is 288 g/mol. The number of hydrogen-bond acceptors (Lipinski definition) is 3. The van der Waals surface area contributed by atoms with Crippen LogP contribution in [0.2, 0.25) is 0 Å². The zero-order valence-corrected chi connectivity index (χ0v) is 14.6. The Morgan fingerprint density at radius 1 is 1.30 bits per heavy atom. The molecule has 5 nitrogen and oxygen atoms in total. The van der Waals surface area contributed by atoms with Crippen LogP contribution in [0.15, 0.2) is 30.5 Å². The molecule has 1 aromatic carbocycles. The summed E-state index contributed by atoms with van der Waals surface area (Å²) < 4.78 is 1.80. The monoisotopic (exact) mass is 314 g/mol. The van der Waals surface area contributed by atoms with Crippen molar-refractivity contribution in [1.82, 2.24) is 14.7 Å². The lowest BCUT2D eigenvalue weighted by Crippen LogP contribution is -2.29. The molecule has 2 aromatic rings. The highest BCUT2D eigenvalue weighted by Gasteiger charge is 2.11. The number of hydrogen-bond donors (Lipinski definition) is 1. The fraction of sp³-hybridized carbons (Fsp3) is 0.444. The first-order valence-electron chi connectivity index (χ1n) is 7.92. The largest absolute Gasteiger partial charge is 0.325 e. The van der Waals surface area contributed by atoms with Gasteiger partial charge in [-0.2, -0.15) is 5.10 Å². The first kappa shape index (κ1) is 17.2. The van der Waals surface area contributed by atoms with E-state index >= 15 is 0 Å². The van der Waals surface area contributed by atoms with E-state index in [0.29, 0.717) is 19.0 Å². The Kier molecular flexibility index (Phi) is 5.55. The Labute approximate surface area is 138 Å². The van der Waals surface area contributed by atoms with Crippen molar-refractivity contribution in [3.63, 3.8) is 0 Å². The summed E-state index contributed by atoms with van der Waals surface area (Å²) in [4.78, 5) is 14.1. The summed E-state index contributed by atoms with van der Waals surface area (Å²) in [5.74, 6) is 0.486. The molecule has 1 amide bonds. The topological polar surface area (TPSA) is 50.2 Å². The lowest BCUT2D eigenvalue weighted by Gasteiger charge is -2.16. The minimum Gasteiger partial charge on any atom is -0.325 e. The normalized spacial score (nSPS) is 11.3. The van der Waals surface area contributed by atoms with Crippen LogP contribution in [-0.2, 0) is 18.4 Å². The highest BCUT2D eigenvalue weighted by molar-refractivity contribution is 5.92. The maximum atomic E-state index is 12.1. The molecule has 0 saturated carbocycles. The van der Waals surface area contributed by atoms with Gasteiger partial charge in [-0.05, 0) is 37.6 Å². The van der Waals surface area contributed by atoms with Crippen LogP contribution >= 0.6 is 0 Å². The van der Waals surface area contributed by atoms with Crippen molar-refractivity contribution < 1.29 is 4.79 Å². The predicted octanol–water partition coefficient (Wildman–Crippen LogP) is 2.92. The number of anilines is 1. The van der Waals surface area contributed by atoms with E-state index in [1.165, 1.54) is 5.56 Å². The van der Waals surface area contributed by atoms with Crippen LogP contribution < -0.4 is 5.32 Å². The summed E-state index contributed by atoms with van der Waals surface area (Å²) in [5.41, 5.74) is 4.26. The molecule has 0 radical (unpaired) electrons. The van der Waals surface area contributed by atoms with Crippen LogP contribution in [0.4, 0.5) is 5.69 Å². The van der Waals surface area contributed by atoms with Crippen LogP contribution in [0.5, 0.6) is 0 Å². The van der Waals surface area contributed by atoms with Crippen LogP contribution in [0.3, 0.4) is 0 Å². The third-order valence-corrected chi connectivity index (χ3v) is 3.83. The van der Waals surface area contributed by atoms with Gasteiger partial charge in [0, 0.05) is 31.0 Å². The molecule has 0 spiro atoms. The quantitative estimate of drug-likeness (QED) is 0.892. The predicted molar refractivity (Wildman–Crippen MR) is 93.4 cm³/mol. The van der Waals surface area contributed by atoms with Crippen LogP contribution in [0.1, 0.15) is 36.6 Å². The Bertz CT molecular complexity index is 658. The molecular formula is C18H26N4O. The second-order valence-corrected chi connectivity index (χ2v) is 6.41. The van der Waals surface area contributed by atoms with Gasteiger partial charge in [-0.25, -0.2) is 0 Å². The number of amides is 1. The highest BCUT2D eigenvalue weighted by Crippen LogP contribution is 2.17. The number of nitrogens with one attached hydrogen (secondary N) is 1. The SMILES string of the molecule is Cc1nn(C)cc1CN(C)CC(=O)Nc1ccc(C(C)C)cc1. The molecule has 0 aliphatic heterocycles. The Morgan fingerprint density at radius 2 is 1.96 bits per heavy atom. The first-order chi connectivity index (χ1) is 10.8. The van der Waals surface area contributed by atoms with E-state index in [-0.39, 0.29) is 5.91 Å². The van der Waals surface area contributed by atoms with E-state index in [4.69, 9.17) is 0 Å². The number of likely N-dealkylation sites (N-methyl/N-ethyl adjacent to an activating group) is 1. The molecule has 1 heterocycles. The number of carbonyl (C=O) groups excluding carboxylic acids is 1. The molecule has 0 saturated heterocycles. The number of aromatic nitrogens is 2. The van der Waals surface area contributed by atoms with E-state index in [0.717, 1.165) is 16.9 Å². The average molecular weight is 314 g/mol. The average Bonchev–Trinajstić information content (AvgIpc) is 2.76. The van der Waals surface area contributed by atoms with Crippen molar-refractivity contribution in [2.24, 2.45) is 7.05 Å². The molecule has 0 aliphatic rings. The Hall–Kier alpha value is -2.14. The van der Waals surface area contributed by atoms with Crippen molar-refractivity contribution >= 4 is 11.6 Å². The summed E-state index contributed by atoms with van der Waals surface area (Å²) in [7, 11) is 3.85. The fourth-order valence-electron chi connectivity index (χ4n) is 2.55.